The van der Waals surface area contributed by atoms with E-state index in [0.29, 0.717) is 10.7 Å². The number of carbonyl (C=O) groups is 1. The second-order valence-electron chi connectivity index (χ2n) is 6.13. The van der Waals surface area contributed by atoms with Crippen LogP contribution in [0.15, 0.2) is 48.5 Å². The number of nitrogens with one attached hydrogen (secondary N) is 2. The van der Waals surface area contributed by atoms with Crippen LogP contribution in [0, 0.1) is 0 Å². The normalized spacial score (nSPS) is 12.6. The molecule has 0 aliphatic rings. The number of urea groups is 1. The predicted molar refractivity (Wildman–Crippen MR) is 95.7 cm³/mol. The fourth-order valence-electron chi connectivity index (χ4n) is 2.26. The Bertz CT molecular complexity index is 681. The van der Waals surface area contributed by atoms with Gasteiger partial charge in [-0.2, -0.15) is 0 Å². The van der Waals surface area contributed by atoms with Crippen molar-refractivity contribution in [2.45, 2.75) is 32.4 Å². The van der Waals surface area contributed by atoms with Gasteiger partial charge in [-0.3, -0.25) is 0 Å². The van der Waals surface area contributed by atoms with Crippen LogP contribution in [0.5, 0.6) is 0 Å². The van der Waals surface area contributed by atoms with Gasteiger partial charge in [-0.25, -0.2) is 4.79 Å². The molecule has 2 amide bonds. The zero-order valence-corrected chi connectivity index (χ0v) is 14.3. The standard InChI is InChI=1S/C18H22ClN3O/c1-12(20)13-5-4-6-14(11-13)18(2,3)22-17(23)21-16-9-7-15(19)8-10-16/h4-12H,20H2,1-3H3,(H2,21,22,23). The third-order valence-electron chi connectivity index (χ3n) is 3.66. The number of carbonyl (C=O) groups excluding carboxylic acids is 1. The molecule has 0 saturated carbocycles. The van der Waals surface area contributed by atoms with Crippen LogP contribution < -0.4 is 16.4 Å². The molecule has 0 fully saturated rings. The summed E-state index contributed by atoms with van der Waals surface area (Å²) >= 11 is 5.84. The number of rotatable bonds is 4. The molecule has 0 saturated heterocycles. The molecule has 0 bridgehead atoms. The van der Waals surface area contributed by atoms with Crippen molar-refractivity contribution >= 4 is 23.3 Å². The zero-order valence-electron chi connectivity index (χ0n) is 13.6. The molecule has 122 valence electrons. The number of halogens is 1. The Balaban J connectivity index is 2.09. The van der Waals surface area contributed by atoms with Gasteiger partial charge in [-0.15, -0.1) is 0 Å². The van der Waals surface area contributed by atoms with Gasteiger partial charge in [0.15, 0.2) is 0 Å². The molecule has 0 radical (unpaired) electrons. The summed E-state index contributed by atoms with van der Waals surface area (Å²) < 4.78 is 0. The molecule has 1 atom stereocenters. The first-order valence-electron chi connectivity index (χ1n) is 7.49. The van der Waals surface area contributed by atoms with Gasteiger partial charge in [0.2, 0.25) is 0 Å². The van der Waals surface area contributed by atoms with Crippen LogP contribution in [-0.4, -0.2) is 6.03 Å². The summed E-state index contributed by atoms with van der Waals surface area (Å²) in [4.78, 5) is 12.2. The molecular weight excluding hydrogens is 310 g/mol. The lowest BCUT2D eigenvalue weighted by Crippen LogP contribution is -2.43. The Kier molecular flexibility index (Phi) is 5.29. The lowest BCUT2D eigenvalue weighted by molar-refractivity contribution is 0.242. The van der Waals surface area contributed by atoms with Crippen LogP contribution in [0.25, 0.3) is 0 Å². The molecule has 1 unspecified atom stereocenters. The fraction of sp³-hybridized carbons (Fsp3) is 0.278. The Morgan fingerprint density at radius 1 is 1.17 bits per heavy atom. The van der Waals surface area contributed by atoms with E-state index in [1.165, 1.54) is 0 Å². The minimum absolute atomic E-state index is 0.0476. The van der Waals surface area contributed by atoms with Crippen molar-refractivity contribution in [3.8, 4) is 0 Å². The molecule has 4 nitrogen and oxygen atoms in total. The molecule has 0 aliphatic carbocycles. The van der Waals surface area contributed by atoms with E-state index in [1.54, 1.807) is 24.3 Å². The van der Waals surface area contributed by atoms with E-state index in [9.17, 15) is 4.79 Å². The zero-order chi connectivity index (χ0) is 17.0. The van der Waals surface area contributed by atoms with Crippen LogP contribution >= 0.6 is 11.6 Å². The van der Waals surface area contributed by atoms with Crippen molar-refractivity contribution in [1.82, 2.24) is 5.32 Å². The van der Waals surface area contributed by atoms with Gasteiger partial charge in [0.1, 0.15) is 0 Å². The average Bonchev–Trinajstić information content (AvgIpc) is 2.49. The molecule has 4 N–H and O–H groups in total. The predicted octanol–water partition coefficient (Wildman–Crippen LogP) is 4.42. The van der Waals surface area contributed by atoms with Crippen LogP contribution in [0.3, 0.4) is 0 Å². The highest BCUT2D eigenvalue weighted by Gasteiger charge is 2.23. The SMILES string of the molecule is CC(N)c1cccc(C(C)(C)NC(=O)Nc2ccc(Cl)cc2)c1. The largest absolute Gasteiger partial charge is 0.329 e. The summed E-state index contributed by atoms with van der Waals surface area (Å²) in [7, 11) is 0. The second-order valence-corrected chi connectivity index (χ2v) is 6.56. The number of amides is 2. The average molecular weight is 332 g/mol. The summed E-state index contributed by atoms with van der Waals surface area (Å²) in [6.45, 7) is 5.84. The van der Waals surface area contributed by atoms with Crippen molar-refractivity contribution in [3.05, 3.63) is 64.7 Å². The maximum atomic E-state index is 12.2. The minimum atomic E-state index is -0.526. The molecule has 0 spiro atoms. The van der Waals surface area contributed by atoms with E-state index in [2.05, 4.69) is 10.6 Å². The number of hydrogen-bond donors (Lipinski definition) is 3. The van der Waals surface area contributed by atoms with Gasteiger partial charge in [0.05, 0.1) is 5.54 Å². The van der Waals surface area contributed by atoms with E-state index in [-0.39, 0.29) is 12.1 Å². The van der Waals surface area contributed by atoms with Gasteiger partial charge in [0, 0.05) is 16.8 Å². The van der Waals surface area contributed by atoms with Gasteiger partial charge in [0.25, 0.3) is 0 Å². The van der Waals surface area contributed by atoms with Crippen molar-refractivity contribution in [1.29, 1.82) is 0 Å². The quantitative estimate of drug-likeness (QED) is 0.776. The maximum Gasteiger partial charge on any atom is 0.319 e. The smallest absolute Gasteiger partial charge is 0.319 e. The van der Waals surface area contributed by atoms with Crippen LogP contribution in [0.1, 0.15) is 37.9 Å². The summed E-state index contributed by atoms with van der Waals surface area (Å²) in [6.07, 6.45) is 0. The maximum absolute atomic E-state index is 12.2. The molecule has 2 aromatic rings. The van der Waals surface area contributed by atoms with Crippen molar-refractivity contribution < 1.29 is 4.79 Å². The van der Waals surface area contributed by atoms with E-state index in [1.807, 2.05) is 45.0 Å². The molecule has 0 aliphatic heterocycles. The fourth-order valence-corrected chi connectivity index (χ4v) is 2.39. The molecule has 5 heteroatoms. The molecule has 0 aromatic heterocycles. The summed E-state index contributed by atoms with van der Waals surface area (Å²) in [5.74, 6) is 0. The highest BCUT2D eigenvalue weighted by Crippen LogP contribution is 2.23. The number of hydrogen-bond acceptors (Lipinski definition) is 2. The van der Waals surface area contributed by atoms with Crippen LogP contribution in [0.2, 0.25) is 5.02 Å². The van der Waals surface area contributed by atoms with Crippen LogP contribution in [0.4, 0.5) is 10.5 Å². The first-order chi connectivity index (χ1) is 10.8. The molecule has 0 heterocycles. The number of anilines is 1. The molecule has 2 aromatic carbocycles. The Labute approximate surface area is 142 Å². The lowest BCUT2D eigenvalue weighted by Gasteiger charge is -2.28. The monoisotopic (exact) mass is 331 g/mol. The third-order valence-corrected chi connectivity index (χ3v) is 3.91. The highest BCUT2D eigenvalue weighted by atomic mass is 35.5. The Morgan fingerprint density at radius 3 is 2.43 bits per heavy atom. The Hall–Kier alpha value is -2.04. The van der Waals surface area contributed by atoms with E-state index < -0.39 is 5.54 Å². The minimum Gasteiger partial charge on any atom is -0.329 e. The highest BCUT2D eigenvalue weighted by molar-refractivity contribution is 6.30. The number of benzene rings is 2. The van der Waals surface area contributed by atoms with E-state index in [4.69, 9.17) is 17.3 Å². The number of nitrogens with two attached hydrogens (primary N) is 1. The van der Waals surface area contributed by atoms with Crippen LogP contribution in [-0.2, 0) is 5.54 Å². The van der Waals surface area contributed by atoms with Gasteiger partial charge < -0.3 is 16.4 Å². The first-order valence-corrected chi connectivity index (χ1v) is 7.86. The van der Waals surface area contributed by atoms with Crippen molar-refractivity contribution in [3.63, 3.8) is 0 Å². The molecule has 23 heavy (non-hydrogen) atoms. The van der Waals surface area contributed by atoms with E-state index in [0.717, 1.165) is 11.1 Å². The van der Waals surface area contributed by atoms with E-state index >= 15 is 0 Å². The lowest BCUT2D eigenvalue weighted by atomic mass is 9.92. The summed E-state index contributed by atoms with van der Waals surface area (Å²) in [5, 5.41) is 6.41. The second kappa shape index (κ2) is 7.02. The van der Waals surface area contributed by atoms with Gasteiger partial charge >= 0.3 is 6.03 Å². The summed E-state index contributed by atoms with van der Waals surface area (Å²) in [6, 6.07) is 14.6. The Morgan fingerprint density at radius 2 is 1.83 bits per heavy atom. The van der Waals surface area contributed by atoms with Crippen molar-refractivity contribution in [2.24, 2.45) is 5.73 Å². The molecular formula is C18H22ClN3O. The molecule has 2 rings (SSSR count). The van der Waals surface area contributed by atoms with Crippen molar-refractivity contribution in [2.75, 3.05) is 5.32 Å². The topological polar surface area (TPSA) is 67.1 Å². The van der Waals surface area contributed by atoms with Gasteiger partial charge in [-0.1, -0.05) is 35.9 Å². The summed E-state index contributed by atoms with van der Waals surface area (Å²) in [5.41, 5.74) is 8.13. The van der Waals surface area contributed by atoms with Gasteiger partial charge in [-0.05, 0) is 56.2 Å². The third kappa shape index (κ3) is 4.71. The first kappa shape index (κ1) is 17.3.